The van der Waals surface area contributed by atoms with E-state index in [1.165, 1.54) is 12.8 Å². The monoisotopic (exact) mass is 234 g/mol. The van der Waals surface area contributed by atoms with Gasteiger partial charge in [0.25, 0.3) is 0 Å². The molecule has 1 aliphatic rings. The Bertz CT molecular complexity index is 309. The molecule has 0 aliphatic carbocycles. The first-order valence-electron chi connectivity index (χ1n) is 6.65. The number of nitrogens with zero attached hydrogens (tertiary/aromatic N) is 1. The van der Waals surface area contributed by atoms with Crippen molar-refractivity contribution in [3.05, 3.63) is 30.1 Å². The van der Waals surface area contributed by atoms with Gasteiger partial charge in [0.05, 0.1) is 6.10 Å². The summed E-state index contributed by atoms with van der Waals surface area (Å²) in [7, 11) is 0. The van der Waals surface area contributed by atoms with E-state index in [4.69, 9.17) is 4.74 Å². The molecule has 2 atom stereocenters. The topological polar surface area (TPSA) is 34.2 Å². The molecule has 0 spiro atoms. The normalized spacial score (nSPS) is 21.6. The Balaban J connectivity index is 1.94. The van der Waals surface area contributed by atoms with Crippen molar-refractivity contribution in [1.29, 1.82) is 0 Å². The first-order chi connectivity index (χ1) is 8.40. The fraction of sp³-hybridized carbons (Fsp3) is 0.643. The standard InChI is InChI=1S/C14H22N2O/c1-2-8-16-13(14-7-5-10-17-14)11-12-6-3-4-9-15-12/h3-4,6,9,13-14,16H,2,5,7-8,10-11H2,1H3. The minimum Gasteiger partial charge on any atom is -0.377 e. The van der Waals surface area contributed by atoms with Crippen LogP contribution in [0.15, 0.2) is 24.4 Å². The van der Waals surface area contributed by atoms with Crippen LogP contribution < -0.4 is 5.32 Å². The van der Waals surface area contributed by atoms with Crippen LogP contribution in [0.3, 0.4) is 0 Å². The maximum atomic E-state index is 5.79. The van der Waals surface area contributed by atoms with Crippen molar-refractivity contribution in [2.45, 2.75) is 44.8 Å². The molecule has 2 rings (SSSR count). The van der Waals surface area contributed by atoms with E-state index in [0.717, 1.165) is 31.7 Å². The molecule has 1 aromatic rings. The molecule has 0 saturated carbocycles. The van der Waals surface area contributed by atoms with Crippen LogP contribution in [0.4, 0.5) is 0 Å². The van der Waals surface area contributed by atoms with Crippen LogP contribution in [0, 0.1) is 0 Å². The molecule has 2 heterocycles. The quantitative estimate of drug-likeness (QED) is 0.819. The zero-order valence-electron chi connectivity index (χ0n) is 10.6. The molecule has 0 bridgehead atoms. The molecule has 94 valence electrons. The maximum Gasteiger partial charge on any atom is 0.0732 e. The summed E-state index contributed by atoms with van der Waals surface area (Å²) in [6.07, 6.45) is 6.72. The Morgan fingerprint density at radius 3 is 3.12 bits per heavy atom. The smallest absolute Gasteiger partial charge is 0.0732 e. The number of nitrogens with one attached hydrogen (secondary N) is 1. The second-order valence-corrected chi connectivity index (χ2v) is 4.64. The fourth-order valence-electron chi connectivity index (χ4n) is 2.33. The molecule has 1 N–H and O–H groups in total. The van der Waals surface area contributed by atoms with Crippen molar-refractivity contribution in [2.24, 2.45) is 0 Å². The molecular weight excluding hydrogens is 212 g/mol. The van der Waals surface area contributed by atoms with E-state index in [1.54, 1.807) is 0 Å². The van der Waals surface area contributed by atoms with Gasteiger partial charge in [-0.3, -0.25) is 4.98 Å². The Morgan fingerprint density at radius 1 is 1.53 bits per heavy atom. The molecule has 1 fully saturated rings. The molecule has 3 heteroatoms. The highest BCUT2D eigenvalue weighted by Gasteiger charge is 2.25. The Hall–Kier alpha value is -0.930. The molecule has 17 heavy (non-hydrogen) atoms. The van der Waals surface area contributed by atoms with Gasteiger partial charge >= 0.3 is 0 Å². The Kier molecular flexibility index (Phi) is 4.95. The lowest BCUT2D eigenvalue weighted by Crippen LogP contribution is -2.41. The third-order valence-electron chi connectivity index (χ3n) is 3.23. The molecule has 3 nitrogen and oxygen atoms in total. The van der Waals surface area contributed by atoms with Gasteiger partial charge < -0.3 is 10.1 Å². The van der Waals surface area contributed by atoms with Crippen LogP contribution in [0.25, 0.3) is 0 Å². The highest BCUT2D eigenvalue weighted by Crippen LogP contribution is 2.18. The molecule has 0 radical (unpaired) electrons. The van der Waals surface area contributed by atoms with Crippen molar-refractivity contribution in [1.82, 2.24) is 10.3 Å². The van der Waals surface area contributed by atoms with Crippen LogP contribution in [0.2, 0.25) is 0 Å². The number of ether oxygens (including phenoxy) is 1. The summed E-state index contributed by atoms with van der Waals surface area (Å²) in [4.78, 5) is 4.40. The SMILES string of the molecule is CCCNC(Cc1ccccn1)C1CCCO1. The number of pyridine rings is 1. The second kappa shape index (κ2) is 6.72. The second-order valence-electron chi connectivity index (χ2n) is 4.64. The van der Waals surface area contributed by atoms with Crippen LogP contribution >= 0.6 is 0 Å². The zero-order valence-corrected chi connectivity index (χ0v) is 10.6. The van der Waals surface area contributed by atoms with Crippen LogP contribution in [-0.2, 0) is 11.2 Å². The Labute approximate surface area is 104 Å². The van der Waals surface area contributed by atoms with Gasteiger partial charge in [-0.1, -0.05) is 13.0 Å². The maximum absolute atomic E-state index is 5.79. The highest BCUT2D eigenvalue weighted by atomic mass is 16.5. The molecule has 1 saturated heterocycles. The van der Waals surface area contributed by atoms with Crippen LogP contribution in [-0.4, -0.2) is 30.3 Å². The van der Waals surface area contributed by atoms with E-state index >= 15 is 0 Å². The van der Waals surface area contributed by atoms with Gasteiger partial charge in [0, 0.05) is 31.0 Å². The molecule has 0 aromatic carbocycles. The molecule has 1 aliphatic heterocycles. The molecule has 2 unspecified atom stereocenters. The van der Waals surface area contributed by atoms with Crippen molar-refractivity contribution in [3.8, 4) is 0 Å². The molecular formula is C14H22N2O. The number of rotatable bonds is 6. The van der Waals surface area contributed by atoms with E-state index in [-0.39, 0.29) is 0 Å². The lowest BCUT2D eigenvalue weighted by atomic mass is 10.0. The van der Waals surface area contributed by atoms with Gasteiger partial charge in [0.2, 0.25) is 0 Å². The predicted molar refractivity (Wildman–Crippen MR) is 69.0 cm³/mol. The minimum absolute atomic E-state index is 0.364. The van der Waals surface area contributed by atoms with E-state index in [1.807, 2.05) is 12.3 Å². The number of hydrogen-bond acceptors (Lipinski definition) is 3. The first-order valence-corrected chi connectivity index (χ1v) is 6.65. The van der Waals surface area contributed by atoms with E-state index in [2.05, 4.69) is 29.4 Å². The molecule has 0 amide bonds. The van der Waals surface area contributed by atoms with Crippen molar-refractivity contribution >= 4 is 0 Å². The minimum atomic E-state index is 0.364. The Morgan fingerprint density at radius 2 is 2.47 bits per heavy atom. The van der Waals surface area contributed by atoms with Gasteiger partial charge in [-0.2, -0.15) is 0 Å². The summed E-state index contributed by atoms with van der Waals surface area (Å²) in [6.45, 7) is 4.16. The lowest BCUT2D eigenvalue weighted by Gasteiger charge is -2.24. The highest BCUT2D eigenvalue weighted by molar-refractivity contribution is 5.06. The summed E-state index contributed by atoms with van der Waals surface area (Å²) < 4.78 is 5.79. The van der Waals surface area contributed by atoms with Crippen LogP contribution in [0.1, 0.15) is 31.9 Å². The van der Waals surface area contributed by atoms with E-state index in [9.17, 15) is 0 Å². The number of hydrogen-bond donors (Lipinski definition) is 1. The van der Waals surface area contributed by atoms with Crippen molar-refractivity contribution in [2.75, 3.05) is 13.2 Å². The first kappa shape index (κ1) is 12.5. The van der Waals surface area contributed by atoms with Gasteiger partial charge in [-0.25, -0.2) is 0 Å². The number of aromatic nitrogens is 1. The van der Waals surface area contributed by atoms with Gasteiger partial charge in [-0.05, 0) is 37.9 Å². The summed E-state index contributed by atoms with van der Waals surface area (Å²) in [5, 5.41) is 3.59. The van der Waals surface area contributed by atoms with Gasteiger partial charge in [0.1, 0.15) is 0 Å². The zero-order chi connectivity index (χ0) is 11.9. The largest absolute Gasteiger partial charge is 0.377 e. The fourth-order valence-corrected chi connectivity index (χ4v) is 2.33. The lowest BCUT2D eigenvalue weighted by molar-refractivity contribution is 0.0781. The summed E-state index contributed by atoms with van der Waals surface area (Å²) in [5.74, 6) is 0. The van der Waals surface area contributed by atoms with Crippen LogP contribution in [0.5, 0.6) is 0 Å². The van der Waals surface area contributed by atoms with E-state index < -0.39 is 0 Å². The summed E-state index contributed by atoms with van der Waals surface area (Å²) in [6, 6.07) is 6.52. The summed E-state index contributed by atoms with van der Waals surface area (Å²) in [5.41, 5.74) is 1.15. The average molecular weight is 234 g/mol. The van der Waals surface area contributed by atoms with Gasteiger partial charge in [0.15, 0.2) is 0 Å². The van der Waals surface area contributed by atoms with Crippen molar-refractivity contribution < 1.29 is 4.74 Å². The van der Waals surface area contributed by atoms with E-state index in [0.29, 0.717) is 12.1 Å². The average Bonchev–Trinajstić information content (AvgIpc) is 2.89. The van der Waals surface area contributed by atoms with Gasteiger partial charge in [-0.15, -0.1) is 0 Å². The third kappa shape index (κ3) is 3.79. The molecule has 1 aromatic heterocycles. The third-order valence-corrected chi connectivity index (χ3v) is 3.23. The predicted octanol–water partition coefficient (Wildman–Crippen LogP) is 2.17. The van der Waals surface area contributed by atoms with Crippen molar-refractivity contribution in [3.63, 3.8) is 0 Å². The summed E-state index contributed by atoms with van der Waals surface area (Å²) >= 11 is 0.